The molecule has 0 amide bonds. The van der Waals surface area contributed by atoms with Crippen LogP contribution in [0.1, 0.15) is 26.2 Å². The third-order valence-corrected chi connectivity index (χ3v) is 2.93. The van der Waals surface area contributed by atoms with Crippen LogP contribution in [0.5, 0.6) is 0 Å². The van der Waals surface area contributed by atoms with Gasteiger partial charge in [-0.25, -0.2) is 22.0 Å². The van der Waals surface area contributed by atoms with E-state index in [9.17, 15) is 26.7 Å². The lowest BCUT2D eigenvalue weighted by atomic mass is 10.1. The van der Waals surface area contributed by atoms with Gasteiger partial charge in [0.2, 0.25) is 6.17 Å². The molecular weight excluding hydrogens is 251 g/mol. The van der Waals surface area contributed by atoms with Crippen LogP contribution in [0.3, 0.4) is 0 Å². The fourth-order valence-electron chi connectivity index (χ4n) is 0.918. The summed E-state index contributed by atoms with van der Waals surface area (Å²) in [6.07, 6.45) is -7.97. The molecule has 1 atom stereocenters. The Kier molecular flexibility index (Phi) is 6.94. The van der Waals surface area contributed by atoms with Crippen molar-refractivity contribution >= 4 is 16.9 Å². The van der Waals surface area contributed by atoms with Crippen LogP contribution in [0.2, 0.25) is 0 Å². The lowest BCUT2D eigenvalue weighted by Crippen LogP contribution is -2.35. The van der Waals surface area contributed by atoms with E-state index in [0.29, 0.717) is 0 Å². The first-order chi connectivity index (χ1) is 7.31. The second-order valence-electron chi connectivity index (χ2n) is 3.17. The van der Waals surface area contributed by atoms with Crippen LogP contribution in [0.15, 0.2) is 0 Å². The Morgan fingerprint density at radius 3 is 2.31 bits per heavy atom. The third-order valence-electron chi connectivity index (χ3n) is 1.83. The molecule has 0 radical (unpaired) electrons. The number of hydrogen-bond acceptors (Lipinski definition) is 2. The molecule has 0 saturated carbocycles. The normalized spacial score (nSPS) is 14.2. The Morgan fingerprint density at radius 2 is 1.88 bits per heavy atom. The van der Waals surface area contributed by atoms with Crippen molar-refractivity contribution in [3.8, 4) is 0 Å². The molecule has 16 heavy (non-hydrogen) atoms. The average molecular weight is 264 g/mol. The van der Waals surface area contributed by atoms with Crippen LogP contribution in [0.4, 0.5) is 22.0 Å². The van der Waals surface area contributed by atoms with Crippen molar-refractivity contribution in [1.29, 1.82) is 0 Å². The maximum absolute atomic E-state index is 12.7. The number of rotatable bonds is 7. The van der Waals surface area contributed by atoms with Gasteiger partial charge in [0.15, 0.2) is 5.12 Å². The molecule has 0 fully saturated rings. The van der Waals surface area contributed by atoms with Gasteiger partial charge in [-0.2, -0.15) is 0 Å². The van der Waals surface area contributed by atoms with E-state index in [1.165, 1.54) is 0 Å². The maximum Gasteiger partial charge on any atom is 0.284 e. The smallest absolute Gasteiger partial charge is 0.284 e. The Hall–Kier alpha value is -0.330. The van der Waals surface area contributed by atoms with Gasteiger partial charge in [0, 0.05) is 18.6 Å². The van der Waals surface area contributed by atoms with E-state index < -0.39 is 24.9 Å². The summed E-state index contributed by atoms with van der Waals surface area (Å²) in [7, 11) is 0. The fraction of sp³-hybridized carbons (Fsp3) is 0.889. The van der Waals surface area contributed by atoms with Gasteiger partial charge in [-0.15, -0.1) is 0 Å². The quantitative estimate of drug-likeness (QED) is 0.515. The van der Waals surface area contributed by atoms with Crippen LogP contribution >= 0.6 is 11.8 Å². The Balaban J connectivity index is 3.86. The van der Waals surface area contributed by atoms with Crippen molar-refractivity contribution in [2.45, 2.75) is 44.7 Å². The van der Waals surface area contributed by atoms with Gasteiger partial charge < -0.3 is 0 Å². The highest BCUT2D eigenvalue weighted by Gasteiger charge is 2.45. The van der Waals surface area contributed by atoms with Crippen LogP contribution in [0.25, 0.3) is 0 Å². The van der Waals surface area contributed by atoms with E-state index >= 15 is 0 Å². The molecule has 0 N–H and O–H groups in total. The molecule has 0 bridgehead atoms. The molecule has 0 aliphatic carbocycles. The van der Waals surface area contributed by atoms with Gasteiger partial charge in [0.25, 0.3) is 12.3 Å². The summed E-state index contributed by atoms with van der Waals surface area (Å²) in [5.41, 5.74) is 0. The Morgan fingerprint density at radius 1 is 1.31 bits per heavy atom. The molecule has 96 valence electrons. The molecule has 1 nitrogen and oxygen atoms in total. The zero-order valence-corrected chi connectivity index (χ0v) is 9.51. The average Bonchev–Trinajstić information content (AvgIpc) is 2.22. The topological polar surface area (TPSA) is 17.1 Å². The van der Waals surface area contributed by atoms with Crippen LogP contribution in [-0.2, 0) is 4.79 Å². The number of thioether (sulfide) groups is 1. The van der Waals surface area contributed by atoms with Crippen LogP contribution < -0.4 is 0 Å². The second-order valence-corrected chi connectivity index (χ2v) is 4.33. The van der Waals surface area contributed by atoms with E-state index in [4.69, 9.17) is 0 Å². The summed E-state index contributed by atoms with van der Waals surface area (Å²) < 4.78 is 61.2. The van der Waals surface area contributed by atoms with Crippen molar-refractivity contribution in [2.24, 2.45) is 0 Å². The lowest BCUT2D eigenvalue weighted by Gasteiger charge is -2.19. The number of halogens is 5. The standard InChI is InChI=1S/C9H13F5OS/c1-2-6(15)16-5-3-4-9(13,14)7(10)8(11)12/h7-8H,2-5H2,1H3. The Labute approximate surface area is 94.8 Å². The highest BCUT2D eigenvalue weighted by Crippen LogP contribution is 2.31. The first-order valence-corrected chi connectivity index (χ1v) is 5.75. The van der Waals surface area contributed by atoms with Crippen molar-refractivity contribution in [3.63, 3.8) is 0 Å². The first-order valence-electron chi connectivity index (χ1n) is 4.77. The predicted molar refractivity (Wildman–Crippen MR) is 52.8 cm³/mol. The summed E-state index contributed by atoms with van der Waals surface area (Å²) in [4.78, 5) is 10.8. The van der Waals surface area contributed by atoms with E-state index in [-0.39, 0.29) is 23.7 Å². The summed E-state index contributed by atoms with van der Waals surface area (Å²) in [6.45, 7) is 1.62. The van der Waals surface area contributed by atoms with E-state index in [1.807, 2.05) is 0 Å². The fourth-order valence-corrected chi connectivity index (χ4v) is 1.64. The van der Waals surface area contributed by atoms with Crippen molar-refractivity contribution in [3.05, 3.63) is 0 Å². The van der Waals surface area contributed by atoms with Gasteiger partial charge in [0.1, 0.15) is 0 Å². The minimum atomic E-state index is -4.02. The molecule has 0 aromatic rings. The summed E-state index contributed by atoms with van der Waals surface area (Å²) >= 11 is 0.855. The molecule has 0 aliphatic heterocycles. The molecule has 1 unspecified atom stereocenters. The number of carbonyl (C=O) groups is 1. The molecule has 0 aromatic heterocycles. The number of hydrogen-bond donors (Lipinski definition) is 0. The van der Waals surface area contributed by atoms with Gasteiger partial charge in [-0.3, -0.25) is 4.79 Å². The molecule has 0 saturated heterocycles. The van der Waals surface area contributed by atoms with Gasteiger partial charge >= 0.3 is 0 Å². The van der Waals surface area contributed by atoms with E-state index in [2.05, 4.69) is 0 Å². The number of carbonyl (C=O) groups excluding carboxylic acids is 1. The Bertz CT molecular complexity index is 222. The van der Waals surface area contributed by atoms with Gasteiger partial charge in [0.05, 0.1) is 0 Å². The van der Waals surface area contributed by atoms with Crippen LogP contribution in [-0.4, -0.2) is 29.4 Å². The molecule has 0 spiro atoms. The predicted octanol–water partition coefficient (Wildman–Crippen LogP) is 3.67. The molecule has 0 aliphatic rings. The van der Waals surface area contributed by atoms with Gasteiger partial charge in [-0.1, -0.05) is 18.7 Å². The third kappa shape index (κ3) is 5.67. The molecule has 0 aromatic carbocycles. The van der Waals surface area contributed by atoms with Crippen molar-refractivity contribution in [1.82, 2.24) is 0 Å². The molecule has 0 heterocycles. The molecule has 7 heteroatoms. The van der Waals surface area contributed by atoms with Crippen LogP contribution in [0, 0.1) is 0 Å². The van der Waals surface area contributed by atoms with Crippen molar-refractivity contribution in [2.75, 3.05) is 5.75 Å². The summed E-state index contributed by atoms with van der Waals surface area (Å²) in [5.74, 6) is -3.93. The second kappa shape index (κ2) is 7.09. The van der Waals surface area contributed by atoms with E-state index in [0.717, 1.165) is 11.8 Å². The SMILES string of the molecule is CCC(=O)SCCCC(F)(F)C(F)C(F)F. The zero-order valence-electron chi connectivity index (χ0n) is 8.69. The van der Waals surface area contributed by atoms with Gasteiger partial charge in [-0.05, 0) is 6.42 Å². The molecule has 0 rings (SSSR count). The monoisotopic (exact) mass is 264 g/mol. The summed E-state index contributed by atoms with van der Waals surface area (Å²) in [6, 6.07) is 0. The van der Waals surface area contributed by atoms with Crippen molar-refractivity contribution < 1.29 is 26.7 Å². The highest BCUT2D eigenvalue weighted by atomic mass is 32.2. The first kappa shape index (κ1) is 15.7. The molecular formula is C9H13F5OS. The minimum absolute atomic E-state index is 0.0955. The highest BCUT2D eigenvalue weighted by molar-refractivity contribution is 8.13. The van der Waals surface area contributed by atoms with E-state index in [1.54, 1.807) is 6.92 Å². The minimum Gasteiger partial charge on any atom is -0.287 e. The largest absolute Gasteiger partial charge is 0.287 e. The summed E-state index contributed by atoms with van der Waals surface area (Å²) in [5, 5.41) is -0.158. The maximum atomic E-state index is 12.7. The lowest BCUT2D eigenvalue weighted by molar-refractivity contribution is -0.131. The zero-order chi connectivity index (χ0) is 12.8. The number of alkyl halides is 5.